The molecular formula is C21H25N3O. The lowest BCUT2D eigenvalue weighted by Gasteiger charge is -2.33. The number of amides is 1. The summed E-state index contributed by atoms with van der Waals surface area (Å²) in [5.41, 5.74) is 3.72. The predicted octanol–water partition coefficient (Wildman–Crippen LogP) is 3.24. The Morgan fingerprint density at radius 2 is 1.96 bits per heavy atom. The summed E-state index contributed by atoms with van der Waals surface area (Å²) in [7, 11) is 0. The lowest BCUT2D eigenvalue weighted by Crippen LogP contribution is -2.45. The third-order valence-electron chi connectivity index (χ3n) is 5.58. The number of fused-ring (bicyclic) bond motifs is 1. The van der Waals surface area contributed by atoms with Crippen LogP contribution in [0.1, 0.15) is 36.8 Å². The molecule has 0 saturated carbocycles. The van der Waals surface area contributed by atoms with Gasteiger partial charge in [0.2, 0.25) is 5.91 Å². The molecule has 2 aliphatic rings. The minimum absolute atomic E-state index is 0.234. The van der Waals surface area contributed by atoms with E-state index in [1.807, 2.05) is 29.4 Å². The molecule has 0 N–H and O–H groups in total. The fraction of sp³-hybridized carbons (Fsp3) is 0.429. The second-order valence-electron chi connectivity index (χ2n) is 7.28. The molecule has 4 rings (SSSR count). The van der Waals surface area contributed by atoms with Gasteiger partial charge in [-0.15, -0.1) is 0 Å². The van der Waals surface area contributed by atoms with Crippen molar-refractivity contribution in [2.24, 2.45) is 0 Å². The molecule has 25 heavy (non-hydrogen) atoms. The van der Waals surface area contributed by atoms with E-state index >= 15 is 0 Å². The normalized spacial score (nSPS) is 21.3. The van der Waals surface area contributed by atoms with Gasteiger partial charge in [-0.2, -0.15) is 0 Å². The van der Waals surface area contributed by atoms with Crippen LogP contribution in [0.3, 0.4) is 0 Å². The van der Waals surface area contributed by atoms with E-state index in [0.717, 1.165) is 38.0 Å². The maximum atomic E-state index is 12.9. The SMILES string of the molecule is CC1Cc2ccccc2N1C(=O)CN1CCC(c2cccnc2)CC1. The van der Waals surface area contributed by atoms with Crippen LogP contribution in [0.4, 0.5) is 5.69 Å². The summed E-state index contributed by atoms with van der Waals surface area (Å²) in [4.78, 5) is 21.5. The van der Waals surface area contributed by atoms with Crippen LogP contribution in [-0.4, -0.2) is 41.5 Å². The fourth-order valence-electron chi connectivity index (χ4n) is 4.25. The molecule has 0 radical (unpaired) electrons. The van der Waals surface area contributed by atoms with Crippen molar-refractivity contribution in [3.8, 4) is 0 Å². The van der Waals surface area contributed by atoms with Crippen LogP contribution in [0.2, 0.25) is 0 Å². The van der Waals surface area contributed by atoms with Crippen molar-refractivity contribution in [3.63, 3.8) is 0 Å². The highest BCUT2D eigenvalue weighted by Gasteiger charge is 2.32. The number of aromatic nitrogens is 1. The zero-order valence-corrected chi connectivity index (χ0v) is 14.8. The molecule has 1 atom stereocenters. The number of carbonyl (C=O) groups excluding carboxylic acids is 1. The molecule has 1 amide bonds. The van der Waals surface area contributed by atoms with E-state index in [1.165, 1.54) is 11.1 Å². The van der Waals surface area contributed by atoms with Crippen molar-refractivity contribution in [3.05, 3.63) is 59.9 Å². The summed E-state index contributed by atoms with van der Waals surface area (Å²) in [5.74, 6) is 0.809. The van der Waals surface area contributed by atoms with Gasteiger partial charge in [0.15, 0.2) is 0 Å². The average Bonchev–Trinajstić information content (AvgIpc) is 2.99. The fourth-order valence-corrected chi connectivity index (χ4v) is 4.25. The lowest BCUT2D eigenvalue weighted by molar-refractivity contribution is -0.120. The average molecular weight is 335 g/mol. The van der Waals surface area contributed by atoms with Gasteiger partial charge in [-0.05, 0) is 68.5 Å². The number of hydrogen-bond donors (Lipinski definition) is 0. The first-order valence-corrected chi connectivity index (χ1v) is 9.24. The topological polar surface area (TPSA) is 36.4 Å². The van der Waals surface area contributed by atoms with Gasteiger partial charge in [-0.1, -0.05) is 24.3 Å². The molecule has 0 bridgehead atoms. The summed E-state index contributed by atoms with van der Waals surface area (Å²) in [6.07, 6.45) is 6.97. The standard InChI is InChI=1S/C21H25N3O/c1-16-13-18-5-2-3-7-20(18)24(16)21(25)15-23-11-8-17(9-12-23)19-6-4-10-22-14-19/h2-7,10,14,16-17H,8-9,11-13,15H2,1H3. The van der Waals surface area contributed by atoms with Crippen molar-refractivity contribution < 1.29 is 4.79 Å². The van der Waals surface area contributed by atoms with Gasteiger partial charge in [0.1, 0.15) is 0 Å². The van der Waals surface area contributed by atoms with Crippen LogP contribution < -0.4 is 4.90 Å². The van der Waals surface area contributed by atoms with Crippen molar-refractivity contribution in [2.45, 2.75) is 38.1 Å². The summed E-state index contributed by atoms with van der Waals surface area (Å²) in [6, 6.07) is 12.7. The Bertz CT molecular complexity index is 738. The Hall–Kier alpha value is -2.20. The minimum Gasteiger partial charge on any atom is -0.308 e. The van der Waals surface area contributed by atoms with Gasteiger partial charge in [0.25, 0.3) is 0 Å². The van der Waals surface area contributed by atoms with Crippen LogP contribution in [0, 0.1) is 0 Å². The van der Waals surface area contributed by atoms with Crippen LogP contribution in [0.15, 0.2) is 48.8 Å². The van der Waals surface area contributed by atoms with E-state index in [1.54, 1.807) is 0 Å². The number of pyridine rings is 1. The predicted molar refractivity (Wildman–Crippen MR) is 99.7 cm³/mol. The first-order chi connectivity index (χ1) is 12.2. The Balaban J connectivity index is 1.37. The number of benzene rings is 1. The van der Waals surface area contributed by atoms with Crippen LogP contribution >= 0.6 is 0 Å². The smallest absolute Gasteiger partial charge is 0.241 e. The van der Waals surface area contributed by atoms with Crippen molar-refractivity contribution in [1.82, 2.24) is 9.88 Å². The highest BCUT2D eigenvalue weighted by Crippen LogP contribution is 2.32. The molecule has 1 aromatic carbocycles. The highest BCUT2D eigenvalue weighted by molar-refractivity contribution is 5.97. The first kappa shape index (κ1) is 16.3. The number of nitrogens with zero attached hydrogens (tertiary/aromatic N) is 3. The second kappa shape index (κ2) is 6.96. The van der Waals surface area contributed by atoms with Crippen molar-refractivity contribution in [2.75, 3.05) is 24.5 Å². The third-order valence-corrected chi connectivity index (χ3v) is 5.58. The zero-order chi connectivity index (χ0) is 17.2. The van der Waals surface area contributed by atoms with E-state index < -0.39 is 0 Å². The molecule has 4 heteroatoms. The second-order valence-corrected chi connectivity index (χ2v) is 7.28. The monoisotopic (exact) mass is 335 g/mol. The number of piperidine rings is 1. The molecule has 1 aromatic heterocycles. The lowest BCUT2D eigenvalue weighted by atomic mass is 9.90. The van der Waals surface area contributed by atoms with E-state index in [2.05, 4.69) is 41.1 Å². The highest BCUT2D eigenvalue weighted by atomic mass is 16.2. The number of para-hydroxylation sites is 1. The van der Waals surface area contributed by atoms with E-state index in [4.69, 9.17) is 0 Å². The molecule has 1 unspecified atom stereocenters. The van der Waals surface area contributed by atoms with Gasteiger partial charge in [0.05, 0.1) is 6.54 Å². The summed E-state index contributed by atoms with van der Waals surface area (Å²) < 4.78 is 0. The van der Waals surface area contributed by atoms with E-state index in [9.17, 15) is 4.79 Å². The number of anilines is 1. The Morgan fingerprint density at radius 3 is 2.72 bits per heavy atom. The molecule has 3 heterocycles. The van der Waals surface area contributed by atoms with Crippen LogP contribution in [0.25, 0.3) is 0 Å². The number of likely N-dealkylation sites (tertiary alicyclic amines) is 1. The summed E-state index contributed by atoms with van der Waals surface area (Å²) in [6.45, 7) is 4.63. The molecule has 2 aliphatic heterocycles. The molecule has 1 saturated heterocycles. The van der Waals surface area contributed by atoms with Gasteiger partial charge < -0.3 is 4.90 Å². The molecule has 2 aromatic rings. The third kappa shape index (κ3) is 3.31. The Labute approximate surface area is 149 Å². The first-order valence-electron chi connectivity index (χ1n) is 9.24. The van der Waals surface area contributed by atoms with Crippen molar-refractivity contribution in [1.29, 1.82) is 0 Å². The zero-order valence-electron chi connectivity index (χ0n) is 14.8. The van der Waals surface area contributed by atoms with Gasteiger partial charge in [-0.25, -0.2) is 0 Å². The maximum Gasteiger partial charge on any atom is 0.241 e. The number of rotatable bonds is 3. The van der Waals surface area contributed by atoms with Gasteiger partial charge in [-0.3, -0.25) is 14.7 Å². The van der Waals surface area contributed by atoms with Crippen LogP contribution in [0.5, 0.6) is 0 Å². The largest absolute Gasteiger partial charge is 0.308 e. The maximum absolute atomic E-state index is 12.9. The Morgan fingerprint density at radius 1 is 1.16 bits per heavy atom. The quantitative estimate of drug-likeness (QED) is 0.864. The molecule has 130 valence electrons. The van der Waals surface area contributed by atoms with E-state index in [-0.39, 0.29) is 11.9 Å². The minimum atomic E-state index is 0.234. The summed E-state index contributed by atoms with van der Waals surface area (Å²) >= 11 is 0. The molecule has 1 fully saturated rings. The van der Waals surface area contributed by atoms with Crippen molar-refractivity contribution >= 4 is 11.6 Å². The molecular weight excluding hydrogens is 310 g/mol. The number of hydrogen-bond acceptors (Lipinski definition) is 3. The molecule has 0 spiro atoms. The van der Waals surface area contributed by atoms with E-state index in [0.29, 0.717) is 12.5 Å². The van der Waals surface area contributed by atoms with Gasteiger partial charge >= 0.3 is 0 Å². The Kier molecular flexibility index (Phi) is 4.53. The molecule has 0 aliphatic carbocycles. The summed E-state index contributed by atoms with van der Waals surface area (Å²) in [5, 5.41) is 0. The number of carbonyl (C=O) groups is 1. The van der Waals surface area contributed by atoms with Gasteiger partial charge in [0, 0.05) is 24.1 Å². The molecule has 4 nitrogen and oxygen atoms in total. The van der Waals surface area contributed by atoms with Crippen LogP contribution in [-0.2, 0) is 11.2 Å².